The third-order valence-electron chi connectivity index (χ3n) is 1.88. The molecule has 0 bridgehead atoms. The van der Waals surface area contributed by atoms with Crippen LogP contribution in [0.5, 0.6) is 0 Å². The van der Waals surface area contributed by atoms with Crippen LogP contribution in [0.2, 0.25) is 0 Å². The minimum atomic E-state index is -0.737. The Hall–Kier alpha value is -1.35. The number of nitrogens with one attached hydrogen (secondary N) is 1. The first-order valence-corrected chi connectivity index (χ1v) is 6.61. The Morgan fingerprint density at radius 3 is 2.06 bits per heavy atom. The van der Waals surface area contributed by atoms with Gasteiger partial charge in [0, 0.05) is 6.54 Å². The van der Waals surface area contributed by atoms with Gasteiger partial charge in [0.2, 0.25) is 0 Å². The number of carboxylic acids is 1. The second-order valence-corrected chi connectivity index (χ2v) is 3.55. The van der Waals surface area contributed by atoms with Crippen molar-refractivity contribution < 1.29 is 9.90 Å². The number of hydrogen-bond donors (Lipinski definition) is 2. The Balaban J connectivity index is 0. The highest BCUT2D eigenvalue weighted by Gasteiger charge is 1.92. The average Bonchev–Trinajstić information content (AvgIpc) is 2.39. The number of rotatable bonds is 5. The van der Waals surface area contributed by atoms with Gasteiger partial charge in [-0.15, -0.1) is 0 Å². The van der Waals surface area contributed by atoms with E-state index in [0.29, 0.717) is 6.54 Å². The molecule has 3 heteroatoms. The standard InChI is InChI=1S/C7H8.C6H13NO2.C2H6/c1-7-5-3-2-4-6-7;1-2-4-7-5-3-6(8)9;1-2/h2-6H,1H3;7H,2-5H2,1H3,(H,8,9);1-2H3. The zero-order valence-electron chi connectivity index (χ0n) is 12.1. The van der Waals surface area contributed by atoms with Gasteiger partial charge in [0.15, 0.2) is 0 Å². The number of benzene rings is 1. The molecule has 0 saturated carbocycles. The number of carboxylic acid groups (broad SMARTS) is 1. The normalized spacial score (nSPS) is 8.44. The molecule has 0 saturated heterocycles. The smallest absolute Gasteiger partial charge is 0.304 e. The van der Waals surface area contributed by atoms with Crippen molar-refractivity contribution in [2.45, 2.75) is 40.5 Å². The highest BCUT2D eigenvalue weighted by Crippen LogP contribution is 1.92. The molecule has 0 radical (unpaired) electrons. The maximum absolute atomic E-state index is 9.92. The van der Waals surface area contributed by atoms with Crippen LogP contribution < -0.4 is 5.32 Å². The minimum absolute atomic E-state index is 0.222. The molecule has 104 valence electrons. The second kappa shape index (κ2) is 15.6. The van der Waals surface area contributed by atoms with E-state index in [-0.39, 0.29) is 6.42 Å². The molecule has 0 aromatic heterocycles. The average molecular weight is 253 g/mol. The van der Waals surface area contributed by atoms with Gasteiger partial charge in [-0.3, -0.25) is 4.79 Å². The third-order valence-corrected chi connectivity index (χ3v) is 1.88. The molecule has 0 aliphatic rings. The van der Waals surface area contributed by atoms with Crippen LogP contribution in [0.15, 0.2) is 30.3 Å². The lowest BCUT2D eigenvalue weighted by Gasteiger charge is -1.97. The van der Waals surface area contributed by atoms with Gasteiger partial charge in [0.25, 0.3) is 0 Å². The first kappa shape index (κ1) is 19.0. The lowest BCUT2D eigenvalue weighted by atomic mass is 10.2. The van der Waals surface area contributed by atoms with Crippen LogP contribution in [-0.4, -0.2) is 24.2 Å². The van der Waals surface area contributed by atoms with Crippen LogP contribution in [0.25, 0.3) is 0 Å². The molecule has 0 heterocycles. The van der Waals surface area contributed by atoms with E-state index in [9.17, 15) is 4.79 Å². The van der Waals surface area contributed by atoms with Crippen LogP contribution in [0.3, 0.4) is 0 Å². The fraction of sp³-hybridized carbons (Fsp3) is 0.533. The SMILES string of the molecule is CC.CCCNCCC(=O)O.Cc1ccccc1. The van der Waals surface area contributed by atoms with E-state index in [0.717, 1.165) is 13.0 Å². The van der Waals surface area contributed by atoms with Gasteiger partial charge in [-0.25, -0.2) is 0 Å². The van der Waals surface area contributed by atoms with Crippen molar-refractivity contribution in [1.82, 2.24) is 5.32 Å². The molecule has 1 aromatic carbocycles. The Labute approximate surface area is 111 Å². The quantitative estimate of drug-likeness (QED) is 0.790. The fourth-order valence-electron chi connectivity index (χ4n) is 1.03. The van der Waals surface area contributed by atoms with Gasteiger partial charge in [-0.2, -0.15) is 0 Å². The summed E-state index contributed by atoms with van der Waals surface area (Å²) in [5, 5.41) is 11.2. The summed E-state index contributed by atoms with van der Waals surface area (Å²) in [6, 6.07) is 10.3. The molecule has 0 aliphatic heterocycles. The van der Waals surface area contributed by atoms with Gasteiger partial charge >= 0.3 is 5.97 Å². The molecule has 1 aromatic rings. The van der Waals surface area contributed by atoms with Crippen molar-refractivity contribution in [3.63, 3.8) is 0 Å². The van der Waals surface area contributed by atoms with Crippen LogP contribution >= 0.6 is 0 Å². The van der Waals surface area contributed by atoms with Crippen molar-refractivity contribution in [2.24, 2.45) is 0 Å². The number of carbonyl (C=O) groups is 1. The summed E-state index contributed by atoms with van der Waals surface area (Å²) in [6.07, 6.45) is 1.28. The molecule has 0 atom stereocenters. The van der Waals surface area contributed by atoms with Crippen LogP contribution in [0.1, 0.15) is 39.2 Å². The van der Waals surface area contributed by atoms with Crippen molar-refractivity contribution in [1.29, 1.82) is 0 Å². The van der Waals surface area contributed by atoms with Crippen molar-refractivity contribution in [3.8, 4) is 0 Å². The molecule has 0 aliphatic carbocycles. The summed E-state index contributed by atoms with van der Waals surface area (Å²) in [7, 11) is 0. The maximum atomic E-state index is 9.92. The van der Waals surface area contributed by atoms with E-state index >= 15 is 0 Å². The summed E-state index contributed by atoms with van der Waals surface area (Å²) < 4.78 is 0. The molecule has 18 heavy (non-hydrogen) atoms. The fourth-order valence-corrected chi connectivity index (χ4v) is 1.03. The molecule has 0 spiro atoms. The summed E-state index contributed by atoms with van der Waals surface area (Å²) in [4.78, 5) is 9.92. The van der Waals surface area contributed by atoms with E-state index in [2.05, 4.69) is 24.4 Å². The van der Waals surface area contributed by atoms with Crippen LogP contribution in [0.4, 0.5) is 0 Å². The Kier molecular flexibility index (Phi) is 16.5. The van der Waals surface area contributed by atoms with Gasteiger partial charge in [0.1, 0.15) is 0 Å². The molecule has 0 unspecified atom stereocenters. The Morgan fingerprint density at radius 1 is 1.17 bits per heavy atom. The van der Waals surface area contributed by atoms with Crippen molar-refractivity contribution in [2.75, 3.05) is 13.1 Å². The molecule has 2 N–H and O–H groups in total. The monoisotopic (exact) mass is 253 g/mol. The Bertz CT molecular complexity index is 273. The van der Waals surface area contributed by atoms with Crippen LogP contribution in [0, 0.1) is 6.92 Å². The van der Waals surface area contributed by atoms with Crippen molar-refractivity contribution >= 4 is 5.97 Å². The van der Waals surface area contributed by atoms with E-state index in [1.54, 1.807) is 0 Å². The molecule has 3 nitrogen and oxygen atoms in total. The molecular formula is C15H27NO2. The number of hydrogen-bond acceptors (Lipinski definition) is 2. The van der Waals surface area contributed by atoms with E-state index in [1.807, 2.05) is 39.0 Å². The van der Waals surface area contributed by atoms with Gasteiger partial charge in [-0.05, 0) is 19.9 Å². The number of aryl methyl sites for hydroxylation is 1. The summed E-state index contributed by atoms with van der Waals surface area (Å²) in [5.41, 5.74) is 1.32. The summed E-state index contributed by atoms with van der Waals surface area (Å²) >= 11 is 0. The molecule has 0 fully saturated rings. The zero-order chi connectivity index (χ0) is 14.2. The van der Waals surface area contributed by atoms with Gasteiger partial charge in [0.05, 0.1) is 6.42 Å². The van der Waals surface area contributed by atoms with Gasteiger partial charge < -0.3 is 10.4 Å². The summed E-state index contributed by atoms with van der Waals surface area (Å²) in [6.45, 7) is 9.63. The lowest BCUT2D eigenvalue weighted by Crippen LogP contribution is -2.18. The predicted molar refractivity (Wildman–Crippen MR) is 77.9 cm³/mol. The van der Waals surface area contributed by atoms with E-state index < -0.39 is 5.97 Å². The van der Waals surface area contributed by atoms with Gasteiger partial charge in [-0.1, -0.05) is 56.7 Å². The highest BCUT2D eigenvalue weighted by molar-refractivity contribution is 5.66. The topological polar surface area (TPSA) is 49.3 Å². The lowest BCUT2D eigenvalue weighted by molar-refractivity contribution is -0.136. The molecular weight excluding hydrogens is 226 g/mol. The Morgan fingerprint density at radius 2 is 1.72 bits per heavy atom. The minimum Gasteiger partial charge on any atom is -0.481 e. The number of aliphatic carboxylic acids is 1. The zero-order valence-corrected chi connectivity index (χ0v) is 12.1. The highest BCUT2D eigenvalue weighted by atomic mass is 16.4. The summed E-state index contributed by atoms with van der Waals surface area (Å²) in [5.74, 6) is -0.737. The third kappa shape index (κ3) is 17.1. The van der Waals surface area contributed by atoms with Crippen LogP contribution in [-0.2, 0) is 4.79 Å². The first-order valence-electron chi connectivity index (χ1n) is 6.61. The maximum Gasteiger partial charge on any atom is 0.304 e. The molecule has 1 rings (SSSR count). The molecule has 0 amide bonds. The van der Waals surface area contributed by atoms with Crippen molar-refractivity contribution in [3.05, 3.63) is 35.9 Å². The largest absolute Gasteiger partial charge is 0.481 e. The first-order chi connectivity index (χ1) is 8.66. The second-order valence-electron chi connectivity index (χ2n) is 3.55. The predicted octanol–water partition coefficient (Wildman–Crippen LogP) is 3.48. The van der Waals surface area contributed by atoms with E-state index in [1.165, 1.54) is 5.56 Å². The van der Waals surface area contributed by atoms with E-state index in [4.69, 9.17) is 5.11 Å².